The summed E-state index contributed by atoms with van der Waals surface area (Å²) >= 11 is 5.99. The van der Waals surface area contributed by atoms with Gasteiger partial charge in [0, 0.05) is 24.5 Å². The van der Waals surface area contributed by atoms with Crippen LogP contribution in [-0.2, 0) is 0 Å². The molecule has 4 nitrogen and oxygen atoms in total. The van der Waals surface area contributed by atoms with Crippen molar-refractivity contribution in [1.29, 1.82) is 0 Å². The number of nitrogens with zero attached hydrogens (tertiary/aromatic N) is 1. The highest BCUT2D eigenvalue weighted by molar-refractivity contribution is 6.30. The number of nitrogens with one attached hydrogen (secondary N) is 2. The van der Waals surface area contributed by atoms with Gasteiger partial charge in [-0.1, -0.05) is 11.6 Å². The molecule has 2 aliphatic rings. The van der Waals surface area contributed by atoms with Gasteiger partial charge in [0.1, 0.15) is 0 Å². The molecule has 2 fully saturated rings. The summed E-state index contributed by atoms with van der Waals surface area (Å²) in [5, 5.41) is 0.688. The quantitative estimate of drug-likeness (QED) is 0.707. The molecule has 0 spiro atoms. The van der Waals surface area contributed by atoms with Crippen LogP contribution in [0.4, 0.5) is 0 Å². The van der Waals surface area contributed by atoms with E-state index in [1.165, 1.54) is 0 Å². The van der Waals surface area contributed by atoms with Crippen molar-refractivity contribution in [3.8, 4) is 0 Å². The Hall–Kier alpha value is -0.680. The number of hydrogen-bond donors (Lipinski definition) is 3. The van der Waals surface area contributed by atoms with Crippen molar-refractivity contribution in [2.75, 3.05) is 0 Å². The van der Waals surface area contributed by atoms with Gasteiger partial charge in [-0.15, -0.1) is 0 Å². The molecule has 4 unspecified atom stereocenters. The molecule has 1 aliphatic carbocycles. The van der Waals surface area contributed by atoms with Crippen LogP contribution in [0.3, 0.4) is 0 Å². The summed E-state index contributed by atoms with van der Waals surface area (Å²) < 4.78 is 0. The second-order valence-electron chi connectivity index (χ2n) is 5.05. The van der Waals surface area contributed by atoms with E-state index < -0.39 is 0 Å². The molecule has 4 N–H and O–H groups in total. The highest BCUT2D eigenvalue weighted by Gasteiger charge is 2.40. The van der Waals surface area contributed by atoms with Crippen molar-refractivity contribution in [3.63, 3.8) is 0 Å². The number of aromatic nitrogens is 1. The van der Waals surface area contributed by atoms with Crippen LogP contribution in [0.15, 0.2) is 18.5 Å². The lowest BCUT2D eigenvalue weighted by Crippen LogP contribution is -2.39. The van der Waals surface area contributed by atoms with Crippen molar-refractivity contribution < 1.29 is 0 Å². The SMILES string of the molecule is NC1CCC2NNC(c3cncc(Cl)c3)C2C1. The van der Waals surface area contributed by atoms with Crippen molar-refractivity contribution >= 4 is 11.6 Å². The summed E-state index contributed by atoms with van der Waals surface area (Å²) in [5.74, 6) is 0.541. The average molecular weight is 253 g/mol. The van der Waals surface area contributed by atoms with Crippen LogP contribution in [-0.4, -0.2) is 17.1 Å². The molecule has 1 saturated carbocycles. The third-order valence-electron chi connectivity index (χ3n) is 3.88. The van der Waals surface area contributed by atoms with Gasteiger partial charge in [-0.05, 0) is 36.8 Å². The van der Waals surface area contributed by atoms with Gasteiger partial charge < -0.3 is 5.73 Å². The molecule has 1 aromatic rings. The minimum atomic E-state index is 0.276. The van der Waals surface area contributed by atoms with E-state index in [4.69, 9.17) is 17.3 Å². The zero-order valence-corrected chi connectivity index (χ0v) is 10.3. The summed E-state index contributed by atoms with van der Waals surface area (Å²) in [4.78, 5) is 4.15. The highest BCUT2D eigenvalue weighted by Crippen LogP contribution is 2.37. The second kappa shape index (κ2) is 4.53. The Bertz CT molecular complexity index is 411. The lowest BCUT2D eigenvalue weighted by molar-refractivity contribution is 0.278. The van der Waals surface area contributed by atoms with Gasteiger partial charge in [0.2, 0.25) is 0 Å². The molecule has 0 aromatic carbocycles. The molecule has 17 heavy (non-hydrogen) atoms. The molecule has 4 atom stereocenters. The maximum absolute atomic E-state index is 6.06. The largest absolute Gasteiger partial charge is 0.328 e. The first-order valence-corrected chi connectivity index (χ1v) is 6.49. The number of nitrogens with two attached hydrogens (primary N) is 1. The molecule has 5 heteroatoms. The fourth-order valence-corrected chi connectivity index (χ4v) is 3.20. The molecular formula is C12H17ClN4. The summed E-state index contributed by atoms with van der Waals surface area (Å²) in [6.07, 6.45) is 6.85. The van der Waals surface area contributed by atoms with E-state index in [9.17, 15) is 0 Å². The van der Waals surface area contributed by atoms with Crippen LogP contribution >= 0.6 is 11.6 Å². The maximum atomic E-state index is 6.06. The van der Waals surface area contributed by atoms with Gasteiger partial charge in [0.05, 0.1) is 11.1 Å². The number of halogens is 1. The van der Waals surface area contributed by atoms with E-state index in [1.54, 1.807) is 6.20 Å². The third kappa shape index (κ3) is 2.18. The van der Waals surface area contributed by atoms with E-state index in [1.807, 2.05) is 12.3 Å². The summed E-state index contributed by atoms with van der Waals surface area (Å²) in [6, 6.07) is 3.11. The smallest absolute Gasteiger partial charge is 0.0592 e. The average Bonchev–Trinajstić information content (AvgIpc) is 2.71. The Balaban J connectivity index is 1.84. The van der Waals surface area contributed by atoms with Crippen LogP contribution in [0, 0.1) is 5.92 Å². The van der Waals surface area contributed by atoms with Crippen LogP contribution in [0.1, 0.15) is 30.9 Å². The highest BCUT2D eigenvalue weighted by atomic mass is 35.5. The monoisotopic (exact) mass is 252 g/mol. The molecule has 0 amide bonds. The summed E-state index contributed by atoms with van der Waals surface area (Å²) in [5.41, 5.74) is 13.9. The predicted molar refractivity (Wildman–Crippen MR) is 67.4 cm³/mol. The van der Waals surface area contributed by atoms with E-state index >= 15 is 0 Å². The normalized spacial score (nSPS) is 36.8. The van der Waals surface area contributed by atoms with Gasteiger partial charge in [-0.25, -0.2) is 5.43 Å². The van der Waals surface area contributed by atoms with Gasteiger partial charge in [-0.2, -0.15) is 0 Å². The number of pyridine rings is 1. The Morgan fingerprint density at radius 1 is 1.29 bits per heavy atom. The number of hydrogen-bond acceptors (Lipinski definition) is 4. The van der Waals surface area contributed by atoms with Gasteiger partial charge in [0.15, 0.2) is 0 Å². The summed E-state index contributed by atoms with van der Waals surface area (Å²) in [6.45, 7) is 0. The topological polar surface area (TPSA) is 63.0 Å². The van der Waals surface area contributed by atoms with Gasteiger partial charge in [0.25, 0.3) is 0 Å². The Labute approximate surface area is 106 Å². The van der Waals surface area contributed by atoms with Crippen molar-refractivity contribution in [1.82, 2.24) is 15.8 Å². The molecule has 1 aliphatic heterocycles. The zero-order valence-electron chi connectivity index (χ0n) is 9.57. The summed E-state index contributed by atoms with van der Waals surface area (Å²) in [7, 11) is 0. The van der Waals surface area contributed by atoms with Crippen molar-refractivity contribution in [2.45, 2.75) is 37.4 Å². The van der Waals surface area contributed by atoms with Crippen molar-refractivity contribution in [2.24, 2.45) is 11.7 Å². The molecule has 0 bridgehead atoms. The Morgan fingerprint density at radius 3 is 3.00 bits per heavy atom. The second-order valence-corrected chi connectivity index (χ2v) is 5.48. The minimum Gasteiger partial charge on any atom is -0.328 e. The Kier molecular flexibility index (Phi) is 3.04. The zero-order chi connectivity index (χ0) is 11.8. The minimum absolute atomic E-state index is 0.276. The standard InChI is InChI=1S/C12H17ClN4/c13-8-3-7(5-15-6-8)12-10-4-9(14)1-2-11(10)16-17-12/h3,5-6,9-12,16-17H,1-2,4,14H2. The number of rotatable bonds is 1. The fraction of sp³-hybridized carbons (Fsp3) is 0.583. The lowest BCUT2D eigenvalue weighted by atomic mass is 9.78. The molecule has 3 rings (SSSR count). The maximum Gasteiger partial charge on any atom is 0.0592 e. The van der Waals surface area contributed by atoms with Gasteiger partial charge in [-0.3, -0.25) is 10.4 Å². The first kappa shape index (κ1) is 11.4. The molecule has 1 aromatic heterocycles. The molecule has 2 heterocycles. The first-order chi connectivity index (χ1) is 8.24. The predicted octanol–water partition coefficient (Wildman–Crippen LogP) is 1.38. The third-order valence-corrected chi connectivity index (χ3v) is 4.08. The number of fused-ring (bicyclic) bond motifs is 1. The van der Waals surface area contributed by atoms with E-state index in [-0.39, 0.29) is 6.04 Å². The van der Waals surface area contributed by atoms with Crippen molar-refractivity contribution in [3.05, 3.63) is 29.0 Å². The molecular weight excluding hydrogens is 236 g/mol. The molecule has 1 saturated heterocycles. The van der Waals surface area contributed by atoms with Crippen LogP contribution < -0.4 is 16.6 Å². The fourth-order valence-electron chi connectivity index (χ4n) is 3.02. The van der Waals surface area contributed by atoms with Crippen LogP contribution in [0.25, 0.3) is 0 Å². The van der Waals surface area contributed by atoms with Crippen LogP contribution in [0.2, 0.25) is 5.02 Å². The van der Waals surface area contributed by atoms with E-state index in [0.29, 0.717) is 23.0 Å². The van der Waals surface area contributed by atoms with Crippen LogP contribution in [0.5, 0.6) is 0 Å². The first-order valence-electron chi connectivity index (χ1n) is 6.11. The van der Waals surface area contributed by atoms with E-state index in [2.05, 4.69) is 15.8 Å². The molecule has 0 radical (unpaired) electrons. The Morgan fingerprint density at radius 2 is 2.18 bits per heavy atom. The van der Waals surface area contributed by atoms with E-state index in [0.717, 1.165) is 24.8 Å². The van der Waals surface area contributed by atoms with Gasteiger partial charge >= 0.3 is 0 Å². The lowest BCUT2D eigenvalue weighted by Gasteiger charge is -2.31. The molecule has 92 valence electrons. The number of hydrazine groups is 1.